The maximum Gasteiger partial charge on any atom is 0.228 e. The number of likely N-dealkylation sites (tertiary alicyclic amines) is 1. The van der Waals surface area contributed by atoms with Gasteiger partial charge < -0.3 is 20.9 Å². The number of hydrogen-bond acceptors (Lipinski definition) is 4. The van der Waals surface area contributed by atoms with Crippen molar-refractivity contribution in [2.45, 2.75) is 31.7 Å². The van der Waals surface area contributed by atoms with Gasteiger partial charge in [-0.15, -0.1) is 24.8 Å². The molecule has 1 atom stereocenters. The smallest absolute Gasteiger partial charge is 0.228 e. The summed E-state index contributed by atoms with van der Waals surface area (Å²) < 4.78 is 0. The average Bonchev–Trinajstić information content (AvgIpc) is 2.59. The van der Waals surface area contributed by atoms with Gasteiger partial charge >= 0.3 is 0 Å². The van der Waals surface area contributed by atoms with E-state index in [4.69, 9.17) is 0 Å². The predicted molar refractivity (Wildman–Crippen MR) is 109 cm³/mol. The Balaban J connectivity index is 0.00000156. The minimum atomic E-state index is 0. The van der Waals surface area contributed by atoms with E-state index in [9.17, 15) is 4.79 Å². The largest absolute Gasteiger partial charge is 0.381 e. The summed E-state index contributed by atoms with van der Waals surface area (Å²) in [6.07, 6.45) is 4.34. The van der Waals surface area contributed by atoms with E-state index in [2.05, 4.69) is 34.0 Å². The molecule has 0 spiro atoms. The summed E-state index contributed by atoms with van der Waals surface area (Å²) >= 11 is 0. The van der Waals surface area contributed by atoms with E-state index >= 15 is 0 Å². The number of carbonyl (C=O) groups excluding carboxylic acids is 1. The third kappa shape index (κ3) is 6.33. The summed E-state index contributed by atoms with van der Waals surface area (Å²) in [5.41, 5.74) is 1.95. The molecule has 0 saturated carbocycles. The van der Waals surface area contributed by atoms with E-state index in [1.807, 2.05) is 18.2 Å². The summed E-state index contributed by atoms with van der Waals surface area (Å²) in [6, 6.07) is 8.54. The molecule has 2 heterocycles. The van der Waals surface area contributed by atoms with Crippen LogP contribution in [0.1, 0.15) is 25.7 Å². The van der Waals surface area contributed by atoms with Crippen molar-refractivity contribution >= 4 is 42.1 Å². The van der Waals surface area contributed by atoms with Crippen LogP contribution in [0, 0.1) is 5.92 Å². The number of rotatable bonds is 4. The highest BCUT2D eigenvalue weighted by Gasteiger charge is 2.22. The predicted octanol–water partition coefficient (Wildman–Crippen LogP) is 2.97. The molecule has 1 aromatic rings. The summed E-state index contributed by atoms with van der Waals surface area (Å²) in [7, 11) is 2.17. The van der Waals surface area contributed by atoms with Crippen molar-refractivity contribution in [2.75, 3.05) is 43.9 Å². The van der Waals surface area contributed by atoms with Crippen LogP contribution in [-0.4, -0.2) is 50.1 Å². The second-order valence-corrected chi connectivity index (χ2v) is 6.80. The Kier molecular flexibility index (Phi) is 9.57. The summed E-state index contributed by atoms with van der Waals surface area (Å²) in [5.74, 6) is 0.218. The number of para-hydroxylation sites is 2. The highest BCUT2D eigenvalue weighted by atomic mass is 35.5. The molecule has 5 nitrogen and oxygen atoms in total. The Morgan fingerprint density at radius 2 is 1.80 bits per heavy atom. The molecule has 0 aliphatic carbocycles. The number of piperidine rings is 2. The first kappa shape index (κ1) is 22.0. The molecular formula is C18H30Cl2N4O. The average molecular weight is 389 g/mol. The van der Waals surface area contributed by atoms with Gasteiger partial charge in [0, 0.05) is 12.6 Å². The van der Waals surface area contributed by atoms with E-state index in [0.29, 0.717) is 6.04 Å². The maximum absolute atomic E-state index is 12.5. The zero-order valence-corrected chi connectivity index (χ0v) is 16.4. The highest BCUT2D eigenvalue weighted by molar-refractivity contribution is 5.95. The van der Waals surface area contributed by atoms with E-state index in [1.54, 1.807) is 0 Å². The summed E-state index contributed by atoms with van der Waals surface area (Å²) in [5, 5.41) is 10.1. The fraction of sp³-hybridized carbons (Fsp3) is 0.611. The monoisotopic (exact) mass is 388 g/mol. The van der Waals surface area contributed by atoms with E-state index in [0.717, 1.165) is 63.2 Å². The molecule has 2 saturated heterocycles. The Hall–Kier alpha value is -1.01. The molecule has 1 unspecified atom stereocenters. The van der Waals surface area contributed by atoms with Gasteiger partial charge in [-0.25, -0.2) is 0 Å². The number of amides is 1. The Bertz CT molecular complexity index is 530. The van der Waals surface area contributed by atoms with Gasteiger partial charge in [0.2, 0.25) is 5.91 Å². The van der Waals surface area contributed by atoms with Crippen molar-refractivity contribution in [1.82, 2.24) is 10.2 Å². The van der Waals surface area contributed by atoms with Gasteiger partial charge in [0.1, 0.15) is 0 Å². The Morgan fingerprint density at radius 3 is 2.44 bits per heavy atom. The zero-order chi connectivity index (χ0) is 16.1. The van der Waals surface area contributed by atoms with Gasteiger partial charge in [-0.3, -0.25) is 4.79 Å². The van der Waals surface area contributed by atoms with Gasteiger partial charge in [-0.2, -0.15) is 0 Å². The number of carbonyl (C=O) groups is 1. The van der Waals surface area contributed by atoms with Crippen LogP contribution in [0.15, 0.2) is 24.3 Å². The van der Waals surface area contributed by atoms with Crippen molar-refractivity contribution in [1.29, 1.82) is 0 Å². The SMILES string of the molecule is CN1CCC(Nc2ccccc2NC(=O)C2CCCNC2)CC1.Cl.Cl. The lowest BCUT2D eigenvalue weighted by Gasteiger charge is -2.31. The third-order valence-corrected chi connectivity index (χ3v) is 4.93. The van der Waals surface area contributed by atoms with Gasteiger partial charge in [0.15, 0.2) is 0 Å². The Labute approximate surface area is 163 Å². The van der Waals surface area contributed by atoms with Gasteiger partial charge in [0.25, 0.3) is 0 Å². The number of benzene rings is 1. The lowest BCUT2D eigenvalue weighted by Crippen LogP contribution is -2.38. The molecule has 0 aromatic heterocycles. The minimum Gasteiger partial charge on any atom is -0.381 e. The normalized spacial score (nSPS) is 21.6. The van der Waals surface area contributed by atoms with Crippen LogP contribution in [0.5, 0.6) is 0 Å². The molecule has 3 rings (SSSR count). The molecule has 2 aliphatic heterocycles. The lowest BCUT2D eigenvalue weighted by atomic mass is 9.98. The number of halogens is 2. The highest BCUT2D eigenvalue weighted by Crippen LogP contribution is 2.25. The molecular weight excluding hydrogens is 359 g/mol. The number of nitrogens with zero attached hydrogens (tertiary/aromatic N) is 1. The fourth-order valence-corrected chi connectivity index (χ4v) is 3.40. The molecule has 3 N–H and O–H groups in total. The first-order valence-electron chi connectivity index (χ1n) is 8.78. The molecule has 2 fully saturated rings. The van der Waals surface area contributed by atoms with Crippen molar-refractivity contribution in [2.24, 2.45) is 5.92 Å². The number of nitrogens with one attached hydrogen (secondary N) is 3. The van der Waals surface area contributed by atoms with Crippen molar-refractivity contribution < 1.29 is 4.79 Å². The third-order valence-electron chi connectivity index (χ3n) is 4.93. The van der Waals surface area contributed by atoms with Crippen LogP contribution >= 0.6 is 24.8 Å². The van der Waals surface area contributed by atoms with E-state index in [-0.39, 0.29) is 36.6 Å². The minimum absolute atomic E-state index is 0. The topological polar surface area (TPSA) is 56.4 Å². The van der Waals surface area contributed by atoms with Crippen LogP contribution in [0.4, 0.5) is 11.4 Å². The number of anilines is 2. The van der Waals surface area contributed by atoms with Crippen LogP contribution < -0.4 is 16.0 Å². The van der Waals surface area contributed by atoms with Crippen molar-refractivity contribution in [3.63, 3.8) is 0 Å². The summed E-state index contributed by atoms with van der Waals surface area (Å²) in [4.78, 5) is 14.8. The zero-order valence-electron chi connectivity index (χ0n) is 14.8. The molecule has 1 amide bonds. The van der Waals surface area contributed by atoms with E-state index in [1.165, 1.54) is 0 Å². The van der Waals surface area contributed by atoms with Crippen LogP contribution in [0.25, 0.3) is 0 Å². The molecule has 0 radical (unpaired) electrons. The lowest BCUT2D eigenvalue weighted by molar-refractivity contribution is -0.120. The van der Waals surface area contributed by atoms with Crippen molar-refractivity contribution in [3.05, 3.63) is 24.3 Å². The molecule has 1 aromatic carbocycles. The van der Waals surface area contributed by atoms with Crippen LogP contribution in [0.2, 0.25) is 0 Å². The molecule has 0 bridgehead atoms. The van der Waals surface area contributed by atoms with E-state index < -0.39 is 0 Å². The van der Waals surface area contributed by atoms with Gasteiger partial charge in [-0.1, -0.05) is 12.1 Å². The second-order valence-electron chi connectivity index (χ2n) is 6.80. The Morgan fingerprint density at radius 1 is 1.12 bits per heavy atom. The van der Waals surface area contributed by atoms with Crippen LogP contribution in [0.3, 0.4) is 0 Å². The quantitative estimate of drug-likeness (QED) is 0.741. The van der Waals surface area contributed by atoms with Gasteiger partial charge in [0.05, 0.1) is 17.3 Å². The summed E-state index contributed by atoms with van der Waals surface area (Å²) in [6.45, 7) is 4.06. The van der Waals surface area contributed by atoms with Gasteiger partial charge in [-0.05, 0) is 64.5 Å². The van der Waals surface area contributed by atoms with Crippen LogP contribution in [-0.2, 0) is 4.79 Å². The first-order chi connectivity index (χ1) is 11.2. The molecule has 25 heavy (non-hydrogen) atoms. The fourth-order valence-electron chi connectivity index (χ4n) is 3.40. The first-order valence-corrected chi connectivity index (χ1v) is 8.78. The molecule has 2 aliphatic rings. The maximum atomic E-state index is 12.5. The number of hydrogen-bond donors (Lipinski definition) is 3. The van der Waals surface area contributed by atoms with Crippen molar-refractivity contribution in [3.8, 4) is 0 Å². The standard InChI is InChI=1S/C18H28N4O.2ClH/c1-22-11-8-15(9-12-22)20-16-6-2-3-7-17(16)21-18(23)14-5-4-10-19-13-14;;/h2-3,6-7,14-15,19-20H,4-5,8-13H2,1H3,(H,21,23);2*1H. The second kappa shape index (κ2) is 10.9. The molecule has 142 valence electrons. The molecule has 7 heteroatoms.